The zero-order chi connectivity index (χ0) is 79.0. The van der Waals surface area contributed by atoms with Crippen LogP contribution in [0.15, 0.2) is 0 Å². The summed E-state index contributed by atoms with van der Waals surface area (Å²) in [5.41, 5.74) is 0. The molecule has 108 heavy (non-hydrogen) atoms. The summed E-state index contributed by atoms with van der Waals surface area (Å²) >= 11 is 0. The molecule has 2 unspecified atom stereocenters. The molecule has 0 aliphatic heterocycles. The number of phosphoric ester groups is 2. The van der Waals surface area contributed by atoms with Gasteiger partial charge in [0.15, 0.2) is 12.2 Å². The first kappa shape index (κ1) is 106. The number of carbonyl (C=O) groups is 4. The van der Waals surface area contributed by atoms with Gasteiger partial charge in [0.25, 0.3) is 0 Å². The molecule has 0 aliphatic rings. The van der Waals surface area contributed by atoms with Crippen LogP contribution in [0, 0.1) is 5.92 Å². The molecule has 0 saturated carbocycles. The Hall–Kier alpha value is -1.94. The molecule has 0 bridgehead atoms. The van der Waals surface area contributed by atoms with Crippen LogP contribution in [0.5, 0.6) is 0 Å². The van der Waals surface area contributed by atoms with E-state index in [9.17, 15) is 43.2 Å². The highest BCUT2D eigenvalue weighted by Gasteiger charge is 2.30. The van der Waals surface area contributed by atoms with Gasteiger partial charge in [-0.15, -0.1) is 0 Å². The third-order valence-electron chi connectivity index (χ3n) is 21.0. The second-order valence-electron chi connectivity index (χ2n) is 32.5. The van der Waals surface area contributed by atoms with Gasteiger partial charge in [0.05, 0.1) is 26.4 Å². The van der Waals surface area contributed by atoms with Crippen LogP contribution in [0.1, 0.15) is 484 Å². The molecule has 0 radical (unpaired) electrons. The minimum Gasteiger partial charge on any atom is -0.462 e. The van der Waals surface area contributed by atoms with Gasteiger partial charge in [-0.3, -0.25) is 37.3 Å². The Morgan fingerprint density at radius 1 is 0.250 bits per heavy atom. The maximum atomic E-state index is 13.2. The monoisotopic (exact) mass is 1580 g/mol. The lowest BCUT2D eigenvalue weighted by Crippen LogP contribution is -2.30. The Kier molecular flexibility index (Phi) is 80.2. The van der Waals surface area contributed by atoms with Gasteiger partial charge in [0.2, 0.25) is 0 Å². The first-order chi connectivity index (χ1) is 52.5. The minimum atomic E-state index is -4.97. The van der Waals surface area contributed by atoms with E-state index in [1.807, 2.05) is 0 Å². The van der Waals surface area contributed by atoms with Crippen LogP contribution in [-0.4, -0.2) is 96.7 Å². The number of aliphatic hydroxyl groups excluding tert-OH is 1. The van der Waals surface area contributed by atoms with Gasteiger partial charge in [0.1, 0.15) is 19.3 Å². The first-order valence-corrected chi connectivity index (χ1v) is 49.1. The fourth-order valence-electron chi connectivity index (χ4n) is 14.0. The van der Waals surface area contributed by atoms with E-state index in [1.54, 1.807) is 0 Å². The van der Waals surface area contributed by atoms with E-state index in [0.29, 0.717) is 25.7 Å². The van der Waals surface area contributed by atoms with Gasteiger partial charge >= 0.3 is 39.5 Å². The summed E-state index contributed by atoms with van der Waals surface area (Å²) < 4.78 is 69.0. The van der Waals surface area contributed by atoms with Crippen molar-refractivity contribution < 1.29 is 80.2 Å². The highest BCUT2D eigenvalue weighted by atomic mass is 31.2. The Morgan fingerprint density at radius 3 is 0.630 bits per heavy atom. The van der Waals surface area contributed by atoms with Crippen molar-refractivity contribution in [1.29, 1.82) is 0 Å². The zero-order valence-electron chi connectivity index (χ0n) is 71.0. The van der Waals surface area contributed by atoms with Crippen LogP contribution in [0.3, 0.4) is 0 Å². The Balaban J connectivity index is 5.23. The molecule has 3 N–H and O–H groups in total. The Morgan fingerprint density at radius 2 is 0.426 bits per heavy atom. The number of rotatable bonds is 89. The second-order valence-corrected chi connectivity index (χ2v) is 35.4. The number of hydrogen-bond acceptors (Lipinski definition) is 15. The second kappa shape index (κ2) is 81.6. The zero-order valence-corrected chi connectivity index (χ0v) is 72.8. The number of phosphoric acid groups is 2. The number of aliphatic hydroxyl groups is 1. The van der Waals surface area contributed by atoms with Crippen molar-refractivity contribution in [3.63, 3.8) is 0 Å². The number of unbranched alkanes of at least 4 members (excludes halogenated alkanes) is 61. The number of hydrogen-bond donors (Lipinski definition) is 3. The van der Waals surface area contributed by atoms with Crippen LogP contribution in [-0.2, 0) is 65.4 Å². The lowest BCUT2D eigenvalue weighted by Gasteiger charge is -2.21. The van der Waals surface area contributed by atoms with Gasteiger partial charge in [-0.2, -0.15) is 0 Å². The van der Waals surface area contributed by atoms with Crippen molar-refractivity contribution in [3.05, 3.63) is 0 Å². The molecule has 5 atom stereocenters. The van der Waals surface area contributed by atoms with Crippen molar-refractivity contribution in [3.8, 4) is 0 Å². The van der Waals surface area contributed by atoms with Gasteiger partial charge < -0.3 is 33.8 Å². The Labute approximate surface area is 664 Å². The number of ether oxygens (including phenoxy) is 4. The van der Waals surface area contributed by atoms with E-state index in [1.165, 1.54) is 308 Å². The summed E-state index contributed by atoms with van der Waals surface area (Å²) in [6.45, 7) is 7.35. The normalized spacial score (nSPS) is 13.7. The topological polar surface area (TPSA) is 237 Å². The van der Waals surface area contributed by atoms with Crippen LogP contribution >= 0.6 is 15.6 Å². The third-order valence-corrected chi connectivity index (χ3v) is 22.9. The highest BCUT2D eigenvalue weighted by molar-refractivity contribution is 7.47. The SMILES string of the molecule is CCCCCCCCCCCCCCCCCCCCCC(=O)OC[C@H](COP(=O)(O)OC[C@@H](O)COP(=O)(O)OC[C@@H](COC(=O)CCCCCCCCCCC(C)C)OC(=O)CCCCCCCCCCCCCCCCCCCCC)OC(=O)CCCCCCCCCCCCCCCCCCCCC. The van der Waals surface area contributed by atoms with Crippen molar-refractivity contribution >= 4 is 39.5 Å². The molecule has 0 spiro atoms. The van der Waals surface area contributed by atoms with Crippen molar-refractivity contribution in [1.82, 2.24) is 0 Å². The number of esters is 4. The summed E-state index contributed by atoms with van der Waals surface area (Å²) in [7, 11) is -9.93. The lowest BCUT2D eigenvalue weighted by molar-refractivity contribution is -0.161. The summed E-state index contributed by atoms with van der Waals surface area (Å²) in [5.74, 6) is -1.37. The van der Waals surface area contributed by atoms with Crippen molar-refractivity contribution in [2.75, 3.05) is 39.6 Å². The standard InChI is InChI=1S/C89H174O17P2/c1-6-9-12-15-18-21-24-27-30-33-36-39-42-45-48-51-57-62-67-72-86(91)99-78-84(105-88(93)74-69-64-59-52-49-46-43-40-37-34-31-28-25-22-19-16-13-10-7-2)80-103-107(95,96)101-76-83(90)77-102-108(97,98)104-81-85(79-100-87(92)73-68-63-58-55-54-56-61-66-71-82(4)5)106-89(94)75-70-65-60-53-50-47-44-41-38-35-32-29-26-23-20-17-14-11-8-3/h82-85,90H,6-81H2,1-5H3,(H,95,96)(H,97,98)/t83-,84-,85-/m1/s1. The average molecular weight is 1580 g/mol. The van der Waals surface area contributed by atoms with Crippen molar-refractivity contribution in [2.45, 2.75) is 502 Å². The summed E-state index contributed by atoms with van der Waals surface area (Å²) in [6.07, 6.45) is 76.5. The molecule has 0 fully saturated rings. The van der Waals surface area contributed by atoms with Gasteiger partial charge in [-0.1, -0.05) is 433 Å². The maximum Gasteiger partial charge on any atom is 0.472 e. The summed E-state index contributed by atoms with van der Waals surface area (Å²) in [4.78, 5) is 73.3. The van der Waals surface area contributed by atoms with E-state index in [-0.39, 0.29) is 25.7 Å². The molecule has 642 valence electrons. The van der Waals surface area contributed by atoms with Crippen LogP contribution < -0.4 is 0 Å². The molecular weight excluding hydrogens is 1400 g/mol. The largest absolute Gasteiger partial charge is 0.472 e. The van der Waals surface area contributed by atoms with E-state index in [0.717, 1.165) is 95.8 Å². The molecule has 0 aromatic rings. The summed E-state index contributed by atoms with van der Waals surface area (Å²) in [5, 5.41) is 10.7. The first-order valence-electron chi connectivity index (χ1n) is 46.1. The molecule has 0 saturated heterocycles. The average Bonchev–Trinajstić information content (AvgIpc) is 0.899. The minimum absolute atomic E-state index is 0.109. The summed E-state index contributed by atoms with van der Waals surface area (Å²) in [6, 6.07) is 0. The molecule has 0 aliphatic carbocycles. The van der Waals surface area contributed by atoms with E-state index < -0.39 is 97.5 Å². The molecule has 0 aromatic heterocycles. The lowest BCUT2D eigenvalue weighted by atomic mass is 10.0. The molecule has 17 nitrogen and oxygen atoms in total. The van der Waals surface area contributed by atoms with E-state index >= 15 is 0 Å². The smallest absolute Gasteiger partial charge is 0.462 e. The molecule has 19 heteroatoms. The molecule has 0 rings (SSSR count). The van der Waals surface area contributed by atoms with Gasteiger partial charge in [-0.25, -0.2) is 9.13 Å². The van der Waals surface area contributed by atoms with Crippen LogP contribution in [0.4, 0.5) is 0 Å². The van der Waals surface area contributed by atoms with E-state index in [4.69, 9.17) is 37.0 Å². The predicted molar refractivity (Wildman–Crippen MR) is 446 cm³/mol. The van der Waals surface area contributed by atoms with Crippen molar-refractivity contribution in [2.24, 2.45) is 5.92 Å². The predicted octanol–water partition coefficient (Wildman–Crippen LogP) is 27.5. The Bertz CT molecular complexity index is 2050. The molecular formula is C89H174O17P2. The maximum absolute atomic E-state index is 13.2. The molecule has 0 heterocycles. The third kappa shape index (κ3) is 82.1. The van der Waals surface area contributed by atoms with E-state index in [2.05, 4.69) is 34.6 Å². The van der Waals surface area contributed by atoms with Crippen LogP contribution in [0.25, 0.3) is 0 Å². The highest BCUT2D eigenvalue weighted by Crippen LogP contribution is 2.45. The van der Waals surface area contributed by atoms with Gasteiger partial charge in [0, 0.05) is 25.7 Å². The fourth-order valence-corrected chi connectivity index (χ4v) is 15.6. The van der Waals surface area contributed by atoms with Gasteiger partial charge in [-0.05, 0) is 31.6 Å². The fraction of sp³-hybridized carbons (Fsp3) is 0.955. The van der Waals surface area contributed by atoms with Crippen LogP contribution in [0.2, 0.25) is 0 Å². The quantitative estimate of drug-likeness (QED) is 0.0222. The number of carbonyl (C=O) groups excluding carboxylic acids is 4. The molecule has 0 aromatic carbocycles. The molecule has 0 amide bonds.